The number of aromatic carboxylic acids is 1. The van der Waals surface area contributed by atoms with Crippen LogP contribution in [0.15, 0.2) is 35.2 Å². The van der Waals surface area contributed by atoms with E-state index in [0.29, 0.717) is 0 Å². The van der Waals surface area contributed by atoms with Crippen molar-refractivity contribution in [2.24, 2.45) is 0 Å². The lowest BCUT2D eigenvalue weighted by atomic mass is 10.2. The van der Waals surface area contributed by atoms with Crippen LogP contribution in [0.1, 0.15) is 16.1 Å². The summed E-state index contributed by atoms with van der Waals surface area (Å²) in [6.45, 7) is 1.98. The molecule has 0 atom stereocenters. The Morgan fingerprint density at radius 3 is 2.88 bits per heavy atom. The van der Waals surface area contributed by atoms with Gasteiger partial charge in [-0.05, 0) is 40.5 Å². The van der Waals surface area contributed by atoms with Crippen LogP contribution in [0.2, 0.25) is 0 Å². The number of rotatable bonds is 2. The smallest absolute Gasteiger partial charge is 0.356 e. The summed E-state index contributed by atoms with van der Waals surface area (Å²) in [6.07, 6.45) is 2.98. The third kappa shape index (κ3) is 1.99. The van der Waals surface area contributed by atoms with E-state index in [9.17, 15) is 4.79 Å². The van der Waals surface area contributed by atoms with Crippen molar-refractivity contribution in [2.75, 3.05) is 0 Å². The highest BCUT2D eigenvalue weighted by atomic mass is 79.9. The van der Waals surface area contributed by atoms with Crippen molar-refractivity contribution in [3.05, 3.63) is 46.5 Å². The number of hydrogen-bond acceptors (Lipinski definition) is 2. The lowest BCUT2D eigenvalue weighted by Gasteiger charge is -2.05. The number of nitrogens with zero attached hydrogens (tertiary/aromatic N) is 2. The molecule has 1 aromatic carbocycles. The molecule has 2 aromatic rings. The summed E-state index contributed by atoms with van der Waals surface area (Å²) in [6, 6.07) is 5.85. The molecule has 82 valence electrons. The molecule has 0 radical (unpaired) electrons. The molecular formula is C11H9BrN2O2. The van der Waals surface area contributed by atoms with Gasteiger partial charge in [0.2, 0.25) is 0 Å². The highest BCUT2D eigenvalue weighted by Crippen LogP contribution is 2.22. The molecule has 0 spiro atoms. The monoisotopic (exact) mass is 280 g/mol. The highest BCUT2D eigenvalue weighted by Gasteiger charge is 2.09. The topological polar surface area (TPSA) is 55.1 Å². The van der Waals surface area contributed by atoms with E-state index in [1.807, 2.05) is 25.1 Å². The average Bonchev–Trinajstić information content (AvgIpc) is 2.70. The fourth-order valence-electron chi connectivity index (χ4n) is 1.39. The Morgan fingerprint density at radius 2 is 2.25 bits per heavy atom. The minimum absolute atomic E-state index is 0.0356. The number of halogens is 1. The second kappa shape index (κ2) is 4.09. The molecule has 0 amide bonds. The molecule has 0 aliphatic carbocycles. The van der Waals surface area contributed by atoms with Crippen LogP contribution < -0.4 is 0 Å². The Kier molecular flexibility index (Phi) is 2.78. The van der Waals surface area contributed by atoms with Gasteiger partial charge >= 0.3 is 5.97 Å². The number of carbonyl (C=O) groups is 1. The van der Waals surface area contributed by atoms with Gasteiger partial charge in [-0.1, -0.05) is 6.07 Å². The van der Waals surface area contributed by atoms with Crippen molar-refractivity contribution in [1.82, 2.24) is 9.55 Å². The summed E-state index contributed by atoms with van der Waals surface area (Å²) in [5.41, 5.74) is 2.01. The summed E-state index contributed by atoms with van der Waals surface area (Å²) in [7, 11) is 0. The molecular weight excluding hydrogens is 272 g/mol. The molecule has 2 rings (SSSR count). The molecule has 1 heterocycles. The van der Waals surface area contributed by atoms with E-state index in [-0.39, 0.29) is 5.69 Å². The van der Waals surface area contributed by atoms with Gasteiger partial charge < -0.3 is 9.67 Å². The molecule has 4 nitrogen and oxygen atoms in total. The maximum absolute atomic E-state index is 10.7. The van der Waals surface area contributed by atoms with Gasteiger partial charge in [0.05, 0.1) is 5.69 Å². The fourth-order valence-corrected chi connectivity index (χ4v) is 1.84. The van der Waals surface area contributed by atoms with Gasteiger partial charge in [0.1, 0.15) is 6.33 Å². The van der Waals surface area contributed by atoms with Crippen LogP contribution in [0.5, 0.6) is 0 Å². The molecule has 0 unspecified atom stereocenters. The normalized spacial score (nSPS) is 10.4. The molecule has 5 heteroatoms. The van der Waals surface area contributed by atoms with Gasteiger partial charge in [0, 0.05) is 10.7 Å². The number of benzene rings is 1. The molecule has 16 heavy (non-hydrogen) atoms. The van der Waals surface area contributed by atoms with E-state index >= 15 is 0 Å². The standard InChI is InChI=1S/C11H9BrN2O2/c1-7-2-3-8(12)10(4-7)14-5-9(11(15)16)13-6-14/h2-6H,1H3,(H,15,16). The average molecular weight is 281 g/mol. The van der Waals surface area contributed by atoms with Gasteiger partial charge in [-0.15, -0.1) is 0 Å². The van der Waals surface area contributed by atoms with Gasteiger partial charge in [0.15, 0.2) is 5.69 Å². The SMILES string of the molecule is Cc1ccc(Br)c(-n2cnc(C(=O)O)c2)c1. The van der Waals surface area contributed by atoms with Crippen LogP contribution in [0.4, 0.5) is 0 Å². The molecule has 0 aliphatic heterocycles. The summed E-state index contributed by atoms with van der Waals surface area (Å²) in [4.78, 5) is 14.5. The van der Waals surface area contributed by atoms with Crippen molar-refractivity contribution < 1.29 is 9.90 Å². The van der Waals surface area contributed by atoms with E-state index in [4.69, 9.17) is 5.11 Å². The van der Waals surface area contributed by atoms with Crippen molar-refractivity contribution in [3.63, 3.8) is 0 Å². The number of aromatic nitrogens is 2. The molecule has 0 aliphatic rings. The lowest BCUT2D eigenvalue weighted by Crippen LogP contribution is -1.96. The third-order valence-corrected chi connectivity index (χ3v) is 2.85. The summed E-state index contributed by atoms with van der Waals surface area (Å²) < 4.78 is 2.58. The Bertz CT molecular complexity index is 549. The maximum atomic E-state index is 10.7. The van der Waals surface area contributed by atoms with E-state index in [1.165, 1.54) is 12.5 Å². The Morgan fingerprint density at radius 1 is 1.50 bits per heavy atom. The van der Waals surface area contributed by atoms with Gasteiger partial charge in [-0.25, -0.2) is 9.78 Å². The number of aryl methyl sites for hydroxylation is 1. The lowest BCUT2D eigenvalue weighted by molar-refractivity contribution is 0.0691. The van der Waals surface area contributed by atoms with Crippen molar-refractivity contribution in [1.29, 1.82) is 0 Å². The molecule has 0 fully saturated rings. The zero-order valence-corrected chi connectivity index (χ0v) is 10.1. The Labute approximate surface area is 101 Å². The second-order valence-corrected chi connectivity index (χ2v) is 4.28. The van der Waals surface area contributed by atoms with Crippen LogP contribution in [0.25, 0.3) is 5.69 Å². The molecule has 1 N–H and O–H groups in total. The number of imidazole rings is 1. The maximum Gasteiger partial charge on any atom is 0.356 e. The quantitative estimate of drug-likeness (QED) is 0.920. The van der Waals surface area contributed by atoms with E-state index in [2.05, 4.69) is 20.9 Å². The first-order chi connectivity index (χ1) is 7.58. The third-order valence-electron chi connectivity index (χ3n) is 2.18. The zero-order chi connectivity index (χ0) is 11.7. The highest BCUT2D eigenvalue weighted by molar-refractivity contribution is 9.10. The predicted octanol–water partition coefficient (Wildman–Crippen LogP) is 2.64. The van der Waals surface area contributed by atoms with Crippen LogP contribution >= 0.6 is 15.9 Å². The van der Waals surface area contributed by atoms with Gasteiger partial charge in [-0.2, -0.15) is 0 Å². The number of carboxylic acid groups (broad SMARTS) is 1. The summed E-state index contributed by atoms with van der Waals surface area (Å²) >= 11 is 3.42. The van der Waals surface area contributed by atoms with E-state index < -0.39 is 5.97 Å². The largest absolute Gasteiger partial charge is 0.476 e. The molecule has 0 saturated heterocycles. The first kappa shape index (κ1) is 10.9. The molecule has 1 aromatic heterocycles. The Balaban J connectivity index is 2.50. The van der Waals surface area contributed by atoms with Crippen LogP contribution in [-0.4, -0.2) is 20.6 Å². The summed E-state index contributed by atoms with van der Waals surface area (Å²) in [5, 5.41) is 8.78. The zero-order valence-electron chi connectivity index (χ0n) is 8.51. The van der Waals surface area contributed by atoms with Crippen molar-refractivity contribution >= 4 is 21.9 Å². The first-order valence-corrected chi connectivity index (χ1v) is 5.41. The number of carboxylic acids is 1. The van der Waals surface area contributed by atoms with Crippen LogP contribution in [0, 0.1) is 6.92 Å². The van der Waals surface area contributed by atoms with Gasteiger partial charge in [-0.3, -0.25) is 0 Å². The van der Waals surface area contributed by atoms with Crippen molar-refractivity contribution in [3.8, 4) is 5.69 Å². The molecule has 0 saturated carbocycles. The van der Waals surface area contributed by atoms with Crippen LogP contribution in [-0.2, 0) is 0 Å². The number of hydrogen-bond donors (Lipinski definition) is 1. The minimum Gasteiger partial charge on any atom is -0.476 e. The van der Waals surface area contributed by atoms with Crippen molar-refractivity contribution in [2.45, 2.75) is 6.92 Å². The second-order valence-electron chi connectivity index (χ2n) is 3.43. The van der Waals surface area contributed by atoms with Gasteiger partial charge in [0.25, 0.3) is 0 Å². The minimum atomic E-state index is -1.03. The molecule has 0 bridgehead atoms. The van der Waals surface area contributed by atoms with E-state index in [0.717, 1.165) is 15.7 Å². The predicted molar refractivity (Wildman–Crippen MR) is 63.0 cm³/mol. The van der Waals surface area contributed by atoms with E-state index in [1.54, 1.807) is 4.57 Å². The fraction of sp³-hybridized carbons (Fsp3) is 0.0909. The summed E-state index contributed by atoms with van der Waals surface area (Å²) in [5.74, 6) is -1.03. The van der Waals surface area contributed by atoms with Crippen LogP contribution in [0.3, 0.4) is 0 Å². The Hall–Kier alpha value is -1.62. The first-order valence-electron chi connectivity index (χ1n) is 4.62.